The number of nitrogens with zero attached hydrogens (tertiary/aromatic N) is 2. The first-order chi connectivity index (χ1) is 13.6. The van der Waals surface area contributed by atoms with E-state index in [0.717, 1.165) is 30.5 Å². The van der Waals surface area contributed by atoms with Gasteiger partial charge in [0.15, 0.2) is 0 Å². The third-order valence-corrected chi connectivity index (χ3v) is 6.21. The number of carbonyl (C=O) groups excluding carboxylic acids is 1. The van der Waals surface area contributed by atoms with E-state index in [1.54, 1.807) is 4.68 Å². The van der Waals surface area contributed by atoms with Crippen LogP contribution < -0.4 is 10.6 Å². The normalized spacial score (nSPS) is 23.4. The Kier molecular flexibility index (Phi) is 6.93. The molecule has 4 rings (SSSR count). The molecule has 1 amide bonds. The molecule has 6 nitrogen and oxygen atoms in total. The molecule has 0 spiro atoms. The van der Waals surface area contributed by atoms with Crippen LogP contribution in [0.2, 0.25) is 0 Å². The second-order valence-corrected chi connectivity index (χ2v) is 7.94. The summed E-state index contributed by atoms with van der Waals surface area (Å²) in [7, 11) is 1.89. The van der Waals surface area contributed by atoms with Gasteiger partial charge in [0.25, 0.3) is 0 Å². The smallest absolute Gasteiger partial charge is 0.225 e. The number of aromatic nitrogens is 2. The lowest BCUT2D eigenvalue weighted by molar-refractivity contribution is -0.125. The lowest BCUT2D eigenvalue weighted by Gasteiger charge is -2.38. The number of nitrogens with one attached hydrogen (secondary N) is 2. The van der Waals surface area contributed by atoms with E-state index in [4.69, 9.17) is 4.74 Å². The Bertz CT molecular complexity index is 820. The second kappa shape index (κ2) is 9.24. The van der Waals surface area contributed by atoms with E-state index in [1.165, 1.54) is 12.1 Å². The maximum absolute atomic E-state index is 13.4. The molecule has 0 aliphatic carbocycles. The fourth-order valence-corrected chi connectivity index (χ4v) is 4.46. The molecule has 0 bridgehead atoms. The average Bonchev–Trinajstić information content (AvgIpc) is 3.36. The van der Waals surface area contributed by atoms with Crippen molar-refractivity contribution in [3.8, 4) is 0 Å². The van der Waals surface area contributed by atoms with E-state index in [1.807, 2.05) is 31.6 Å². The Hall–Kier alpha value is -1.96. The summed E-state index contributed by atoms with van der Waals surface area (Å²) in [5, 5.41) is 10.8. The van der Waals surface area contributed by atoms with E-state index in [2.05, 4.69) is 15.7 Å². The number of aryl methyl sites for hydroxylation is 1. The van der Waals surface area contributed by atoms with E-state index in [-0.39, 0.29) is 41.4 Å². The van der Waals surface area contributed by atoms with Crippen LogP contribution in [-0.2, 0) is 22.0 Å². The first-order valence-electron chi connectivity index (χ1n) is 9.88. The predicted molar refractivity (Wildman–Crippen MR) is 111 cm³/mol. The predicted octanol–water partition coefficient (Wildman–Crippen LogP) is 2.15. The van der Waals surface area contributed by atoms with Crippen LogP contribution in [-0.4, -0.2) is 48.5 Å². The molecule has 3 heterocycles. The lowest BCUT2D eigenvalue weighted by atomic mass is 9.74. The van der Waals surface area contributed by atoms with Crippen molar-refractivity contribution in [2.24, 2.45) is 13.0 Å². The van der Waals surface area contributed by atoms with Crippen LogP contribution in [0.4, 0.5) is 4.39 Å². The molecule has 2 aliphatic heterocycles. The quantitative estimate of drug-likeness (QED) is 0.774. The molecule has 2 aromatic rings. The van der Waals surface area contributed by atoms with Crippen molar-refractivity contribution in [1.29, 1.82) is 0 Å². The standard InChI is InChI=1S/C21H27FN4O2.ClH/c1-26-13-15(10-25-26)18-11-23-12-19(18)20(27)24-14-21(6-8-28-9-7-21)16-2-4-17(22)5-3-16;/h2-5,10,13,18-19,23H,6-9,11-12,14H2,1H3,(H,24,27);1H/t18-,19+;/m1./s1. The third-order valence-electron chi connectivity index (χ3n) is 6.21. The molecule has 29 heavy (non-hydrogen) atoms. The summed E-state index contributed by atoms with van der Waals surface area (Å²) in [6.07, 6.45) is 5.45. The maximum Gasteiger partial charge on any atom is 0.225 e. The summed E-state index contributed by atoms with van der Waals surface area (Å²) < 4.78 is 20.7. The molecular formula is C21H28ClFN4O2. The van der Waals surface area contributed by atoms with Crippen LogP contribution in [0, 0.1) is 11.7 Å². The third kappa shape index (κ3) is 4.63. The van der Waals surface area contributed by atoms with Crippen molar-refractivity contribution in [2.45, 2.75) is 24.2 Å². The summed E-state index contributed by atoms with van der Waals surface area (Å²) in [6.45, 7) is 3.28. The Morgan fingerprint density at radius 1 is 1.31 bits per heavy atom. The minimum Gasteiger partial charge on any atom is -0.381 e. The zero-order valence-electron chi connectivity index (χ0n) is 16.6. The molecule has 0 saturated carbocycles. The van der Waals surface area contributed by atoms with Gasteiger partial charge >= 0.3 is 0 Å². The fourth-order valence-electron chi connectivity index (χ4n) is 4.46. The molecule has 8 heteroatoms. The second-order valence-electron chi connectivity index (χ2n) is 7.94. The van der Waals surface area contributed by atoms with Gasteiger partial charge in [0.2, 0.25) is 5.91 Å². The van der Waals surface area contributed by atoms with Crippen LogP contribution in [0.15, 0.2) is 36.7 Å². The number of benzene rings is 1. The molecule has 158 valence electrons. The minimum absolute atomic E-state index is 0. The number of ether oxygens (including phenoxy) is 1. The molecule has 2 saturated heterocycles. The Morgan fingerprint density at radius 3 is 2.69 bits per heavy atom. The van der Waals surface area contributed by atoms with Crippen LogP contribution in [0.25, 0.3) is 0 Å². The highest BCUT2D eigenvalue weighted by molar-refractivity contribution is 5.85. The first kappa shape index (κ1) is 21.7. The summed E-state index contributed by atoms with van der Waals surface area (Å²) in [6, 6.07) is 6.66. The molecule has 2 atom stereocenters. The topological polar surface area (TPSA) is 68.2 Å². The van der Waals surface area contributed by atoms with Crippen LogP contribution in [0.5, 0.6) is 0 Å². The Balaban J connectivity index is 0.00000240. The molecule has 0 unspecified atom stereocenters. The van der Waals surface area contributed by atoms with Gasteiger partial charge in [0.1, 0.15) is 5.82 Å². The van der Waals surface area contributed by atoms with Gasteiger partial charge in [-0.1, -0.05) is 12.1 Å². The first-order valence-corrected chi connectivity index (χ1v) is 9.88. The van der Waals surface area contributed by atoms with Crippen LogP contribution in [0.3, 0.4) is 0 Å². The Labute approximate surface area is 176 Å². The molecule has 2 N–H and O–H groups in total. The van der Waals surface area contributed by atoms with E-state index in [9.17, 15) is 9.18 Å². The van der Waals surface area contributed by atoms with Gasteiger partial charge < -0.3 is 15.4 Å². The van der Waals surface area contributed by atoms with Gasteiger partial charge in [-0.05, 0) is 36.1 Å². The largest absolute Gasteiger partial charge is 0.381 e. The van der Waals surface area contributed by atoms with Crippen molar-refractivity contribution in [1.82, 2.24) is 20.4 Å². The van der Waals surface area contributed by atoms with Gasteiger partial charge in [-0.3, -0.25) is 9.48 Å². The number of amides is 1. The molecule has 2 aliphatic rings. The van der Waals surface area contributed by atoms with E-state index in [0.29, 0.717) is 26.3 Å². The Morgan fingerprint density at radius 2 is 2.03 bits per heavy atom. The molecule has 1 aromatic heterocycles. The monoisotopic (exact) mass is 422 g/mol. The summed E-state index contributed by atoms with van der Waals surface area (Å²) >= 11 is 0. The highest BCUT2D eigenvalue weighted by Gasteiger charge is 2.38. The molecular weight excluding hydrogens is 395 g/mol. The summed E-state index contributed by atoms with van der Waals surface area (Å²) in [5.41, 5.74) is 1.94. The fraction of sp³-hybridized carbons (Fsp3) is 0.524. The van der Waals surface area contributed by atoms with Crippen molar-refractivity contribution in [3.05, 3.63) is 53.6 Å². The molecule has 0 radical (unpaired) electrons. The van der Waals surface area contributed by atoms with Gasteiger partial charge in [-0.25, -0.2) is 4.39 Å². The number of hydrogen-bond donors (Lipinski definition) is 2. The highest BCUT2D eigenvalue weighted by atomic mass is 35.5. The van der Waals surface area contributed by atoms with Gasteiger partial charge in [0.05, 0.1) is 12.1 Å². The molecule has 1 aromatic carbocycles. The number of halogens is 2. The maximum atomic E-state index is 13.4. The van der Waals surface area contributed by atoms with Crippen molar-refractivity contribution in [3.63, 3.8) is 0 Å². The van der Waals surface area contributed by atoms with Crippen LogP contribution in [0.1, 0.15) is 29.9 Å². The van der Waals surface area contributed by atoms with Crippen molar-refractivity contribution >= 4 is 18.3 Å². The van der Waals surface area contributed by atoms with Gasteiger partial charge in [-0.2, -0.15) is 5.10 Å². The number of hydrogen-bond acceptors (Lipinski definition) is 4. The van der Waals surface area contributed by atoms with Crippen LogP contribution >= 0.6 is 12.4 Å². The minimum atomic E-state index is -0.244. The van der Waals surface area contributed by atoms with Gasteiger partial charge in [0, 0.05) is 57.4 Å². The zero-order chi connectivity index (χ0) is 19.6. The summed E-state index contributed by atoms with van der Waals surface area (Å²) in [5.74, 6) is -0.169. The molecule has 2 fully saturated rings. The number of carbonyl (C=O) groups is 1. The highest BCUT2D eigenvalue weighted by Crippen LogP contribution is 2.35. The summed E-state index contributed by atoms with van der Waals surface area (Å²) in [4.78, 5) is 13.0. The number of rotatable bonds is 5. The zero-order valence-corrected chi connectivity index (χ0v) is 17.4. The van der Waals surface area contributed by atoms with Crippen molar-refractivity contribution < 1.29 is 13.9 Å². The average molecular weight is 423 g/mol. The van der Waals surface area contributed by atoms with E-state index < -0.39 is 0 Å². The SMILES string of the molecule is Cl.Cn1cc([C@H]2CNC[C@@H]2C(=O)NCC2(c3ccc(F)cc3)CCOCC2)cn1. The van der Waals surface area contributed by atoms with Gasteiger partial charge in [-0.15, -0.1) is 12.4 Å². The van der Waals surface area contributed by atoms with Crippen molar-refractivity contribution in [2.75, 3.05) is 32.8 Å². The lowest BCUT2D eigenvalue weighted by Crippen LogP contribution is -2.46. The van der Waals surface area contributed by atoms with E-state index >= 15 is 0 Å².